The number of carbonyl (C=O) groups excluding carboxylic acids is 1. The minimum atomic E-state index is -1.67. The van der Waals surface area contributed by atoms with Crippen molar-refractivity contribution in [2.24, 2.45) is 0 Å². The number of ether oxygens (including phenoxy) is 1. The first-order chi connectivity index (χ1) is 7.47. The van der Waals surface area contributed by atoms with Crippen LogP contribution in [0.4, 0.5) is 0 Å². The number of hydrogen-bond donors (Lipinski definition) is 2. The maximum atomic E-state index is 11.0. The minimum Gasteiger partial charge on any atom is -0.467 e. The lowest BCUT2D eigenvalue weighted by molar-refractivity contribution is -0.156. The van der Waals surface area contributed by atoms with Gasteiger partial charge >= 0.3 is 5.97 Å². The molecule has 2 unspecified atom stereocenters. The molecule has 0 amide bonds. The van der Waals surface area contributed by atoms with Gasteiger partial charge in [-0.05, 0) is 18.5 Å². The number of aliphatic hydroxyl groups excluding tert-OH is 2. The highest BCUT2D eigenvalue weighted by Gasteiger charge is 2.28. The average molecular weight is 247 g/mol. The van der Waals surface area contributed by atoms with Gasteiger partial charge in [0.1, 0.15) is 6.10 Å². The Bertz CT molecular complexity index is 399. The molecule has 0 saturated heterocycles. The van der Waals surface area contributed by atoms with Crippen LogP contribution >= 0.6 is 11.6 Å². The highest BCUT2D eigenvalue weighted by molar-refractivity contribution is 6.28. The van der Waals surface area contributed by atoms with E-state index in [2.05, 4.69) is 14.7 Å². The van der Waals surface area contributed by atoms with Crippen LogP contribution in [0.2, 0.25) is 5.28 Å². The molecule has 2 atom stereocenters. The van der Waals surface area contributed by atoms with E-state index in [1.54, 1.807) is 6.92 Å². The van der Waals surface area contributed by atoms with Crippen molar-refractivity contribution in [1.29, 1.82) is 0 Å². The van der Waals surface area contributed by atoms with Gasteiger partial charge in [-0.1, -0.05) is 0 Å². The van der Waals surface area contributed by atoms with Crippen LogP contribution in [0.3, 0.4) is 0 Å². The maximum Gasteiger partial charge on any atom is 0.337 e. The first-order valence-corrected chi connectivity index (χ1v) is 4.78. The summed E-state index contributed by atoms with van der Waals surface area (Å²) < 4.78 is 4.30. The van der Waals surface area contributed by atoms with E-state index < -0.39 is 18.2 Å². The lowest BCUT2D eigenvalue weighted by atomic mass is 10.1. The predicted octanol–water partition coefficient (Wildman–Crippen LogP) is 0.00572. The summed E-state index contributed by atoms with van der Waals surface area (Å²) in [6, 6.07) is 0. The quantitative estimate of drug-likeness (QED) is 0.576. The molecule has 0 fully saturated rings. The summed E-state index contributed by atoms with van der Waals surface area (Å²) in [5, 5.41) is 19.1. The second-order valence-electron chi connectivity index (χ2n) is 3.09. The van der Waals surface area contributed by atoms with E-state index in [0.717, 1.165) is 7.11 Å². The Morgan fingerprint density at radius 2 is 2.19 bits per heavy atom. The smallest absolute Gasteiger partial charge is 0.337 e. The molecule has 1 heterocycles. The van der Waals surface area contributed by atoms with E-state index in [1.165, 1.54) is 6.20 Å². The molecule has 2 N–H and O–H groups in total. The Balaban J connectivity index is 2.96. The maximum absolute atomic E-state index is 11.0. The number of hydrogen-bond acceptors (Lipinski definition) is 6. The summed E-state index contributed by atoms with van der Waals surface area (Å²) in [4.78, 5) is 18.5. The molecule has 0 radical (unpaired) electrons. The standard InChI is InChI=1S/C9H11ClN2O4/c1-4-5(3-11-9(10)12-4)6(13)7(14)8(15)16-2/h3,6-7,13-14H,1-2H3. The van der Waals surface area contributed by atoms with Gasteiger partial charge in [0.2, 0.25) is 5.28 Å². The Morgan fingerprint density at radius 3 is 2.69 bits per heavy atom. The lowest BCUT2D eigenvalue weighted by Crippen LogP contribution is -2.29. The zero-order valence-electron chi connectivity index (χ0n) is 8.72. The van der Waals surface area contributed by atoms with E-state index in [-0.39, 0.29) is 10.8 Å². The van der Waals surface area contributed by atoms with E-state index in [1.807, 2.05) is 0 Å². The van der Waals surface area contributed by atoms with Crippen LogP contribution in [-0.4, -0.2) is 39.4 Å². The fourth-order valence-corrected chi connectivity index (χ4v) is 1.33. The number of aromatic nitrogens is 2. The molecule has 1 aromatic rings. The molecule has 0 aromatic carbocycles. The third-order valence-electron chi connectivity index (χ3n) is 2.05. The van der Waals surface area contributed by atoms with Gasteiger partial charge in [-0.3, -0.25) is 0 Å². The van der Waals surface area contributed by atoms with Gasteiger partial charge in [0, 0.05) is 17.5 Å². The molecular formula is C9H11ClN2O4. The SMILES string of the molecule is COC(=O)C(O)C(O)c1cnc(Cl)nc1C. The van der Waals surface area contributed by atoms with Gasteiger partial charge in [-0.25, -0.2) is 14.8 Å². The van der Waals surface area contributed by atoms with Crippen molar-refractivity contribution in [2.45, 2.75) is 19.1 Å². The van der Waals surface area contributed by atoms with Crippen LogP contribution in [0.15, 0.2) is 6.20 Å². The molecule has 7 heteroatoms. The molecule has 0 saturated carbocycles. The molecule has 0 bridgehead atoms. The highest BCUT2D eigenvalue weighted by Crippen LogP contribution is 2.20. The molecule has 0 spiro atoms. The largest absolute Gasteiger partial charge is 0.467 e. The molecule has 0 aliphatic carbocycles. The van der Waals surface area contributed by atoms with Gasteiger partial charge in [0.05, 0.1) is 7.11 Å². The van der Waals surface area contributed by atoms with Crippen molar-refractivity contribution in [3.05, 3.63) is 22.7 Å². The molecule has 0 aliphatic heterocycles. The number of methoxy groups -OCH3 is 1. The number of nitrogens with zero attached hydrogens (tertiary/aromatic N) is 2. The van der Waals surface area contributed by atoms with E-state index in [9.17, 15) is 15.0 Å². The monoisotopic (exact) mass is 246 g/mol. The summed E-state index contributed by atoms with van der Waals surface area (Å²) in [7, 11) is 1.11. The molecular weight excluding hydrogens is 236 g/mol. The number of carbonyl (C=O) groups is 1. The normalized spacial score (nSPS) is 14.3. The lowest BCUT2D eigenvalue weighted by Gasteiger charge is -2.16. The molecule has 6 nitrogen and oxygen atoms in total. The molecule has 1 aromatic heterocycles. The van der Waals surface area contributed by atoms with E-state index >= 15 is 0 Å². The fraction of sp³-hybridized carbons (Fsp3) is 0.444. The van der Waals surface area contributed by atoms with Crippen LogP contribution in [0.5, 0.6) is 0 Å². The first-order valence-electron chi connectivity index (χ1n) is 4.40. The van der Waals surface area contributed by atoms with Gasteiger partial charge in [-0.2, -0.15) is 0 Å². The summed E-state index contributed by atoms with van der Waals surface area (Å²) in [5.74, 6) is -0.929. The molecule has 0 aliphatic rings. The summed E-state index contributed by atoms with van der Waals surface area (Å²) in [6.07, 6.45) is -1.86. The van der Waals surface area contributed by atoms with Crippen molar-refractivity contribution in [3.8, 4) is 0 Å². The van der Waals surface area contributed by atoms with Crippen LogP contribution in [-0.2, 0) is 9.53 Å². The zero-order chi connectivity index (χ0) is 12.3. The molecule has 88 valence electrons. The summed E-state index contributed by atoms with van der Waals surface area (Å²) in [5.41, 5.74) is 0.609. The number of halogens is 1. The number of esters is 1. The second-order valence-corrected chi connectivity index (χ2v) is 3.43. The number of rotatable bonds is 3. The predicted molar refractivity (Wildman–Crippen MR) is 54.8 cm³/mol. The Hall–Kier alpha value is -1.24. The van der Waals surface area contributed by atoms with E-state index in [0.29, 0.717) is 5.69 Å². The van der Waals surface area contributed by atoms with Crippen molar-refractivity contribution in [1.82, 2.24) is 9.97 Å². The highest BCUT2D eigenvalue weighted by atomic mass is 35.5. The summed E-state index contributed by atoms with van der Waals surface area (Å²) in [6.45, 7) is 1.58. The van der Waals surface area contributed by atoms with Crippen LogP contribution in [0.1, 0.15) is 17.4 Å². The average Bonchev–Trinajstić information content (AvgIpc) is 2.26. The van der Waals surface area contributed by atoms with Crippen molar-refractivity contribution < 1.29 is 19.7 Å². The van der Waals surface area contributed by atoms with Gasteiger partial charge in [-0.15, -0.1) is 0 Å². The zero-order valence-corrected chi connectivity index (χ0v) is 9.47. The topological polar surface area (TPSA) is 92.5 Å². The van der Waals surface area contributed by atoms with Crippen molar-refractivity contribution in [2.75, 3.05) is 7.11 Å². The van der Waals surface area contributed by atoms with Gasteiger partial charge < -0.3 is 14.9 Å². The van der Waals surface area contributed by atoms with Gasteiger partial charge in [0.25, 0.3) is 0 Å². The van der Waals surface area contributed by atoms with Crippen molar-refractivity contribution in [3.63, 3.8) is 0 Å². The number of aliphatic hydroxyl groups is 2. The molecule has 16 heavy (non-hydrogen) atoms. The Morgan fingerprint density at radius 1 is 1.56 bits per heavy atom. The summed E-state index contributed by atoms with van der Waals surface area (Å²) >= 11 is 5.53. The van der Waals surface area contributed by atoms with E-state index in [4.69, 9.17) is 11.6 Å². The Labute approximate surface area is 96.9 Å². The third kappa shape index (κ3) is 2.66. The van der Waals surface area contributed by atoms with Gasteiger partial charge in [0.15, 0.2) is 6.10 Å². The van der Waals surface area contributed by atoms with Crippen LogP contribution < -0.4 is 0 Å². The van der Waals surface area contributed by atoms with Crippen LogP contribution in [0, 0.1) is 6.92 Å². The minimum absolute atomic E-state index is 0.0287. The Kier molecular flexibility index (Phi) is 4.17. The molecule has 1 rings (SSSR count). The first kappa shape index (κ1) is 12.8. The number of aryl methyl sites for hydroxylation is 1. The van der Waals surface area contributed by atoms with Crippen LogP contribution in [0.25, 0.3) is 0 Å². The third-order valence-corrected chi connectivity index (χ3v) is 2.23. The second kappa shape index (κ2) is 5.20. The van der Waals surface area contributed by atoms with Crippen molar-refractivity contribution >= 4 is 17.6 Å². The fourth-order valence-electron chi connectivity index (χ4n) is 1.16.